The Balaban J connectivity index is 1.86. The lowest BCUT2D eigenvalue weighted by Gasteiger charge is -2.36. The number of hydrogen-bond acceptors (Lipinski definition) is 7. The number of hydrogen-bond donors (Lipinski definition) is 0. The highest BCUT2D eigenvalue weighted by molar-refractivity contribution is 7.07. The Labute approximate surface area is 190 Å². The van der Waals surface area contributed by atoms with Gasteiger partial charge in [0.25, 0.3) is 0 Å². The van der Waals surface area contributed by atoms with Gasteiger partial charge in [0, 0.05) is 23.2 Å². The molecule has 3 aromatic rings. The number of aromatic nitrogens is 3. The molecule has 3 heterocycles. The van der Waals surface area contributed by atoms with Crippen LogP contribution in [-0.2, 0) is 13.1 Å². The minimum atomic E-state index is -0.399. The van der Waals surface area contributed by atoms with Gasteiger partial charge in [-0.3, -0.25) is 9.80 Å². The highest BCUT2D eigenvalue weighted by Crippen LogP contribution is 2.48. The van der Waals surface area contributed by atoms with Crippen LogP contribution >= 0.6 is 46.1 Å². The number of carbonyl (C=O) groups is 1. The number of amides is 2. The molecule has 0 bridgehead atoms. The summed E-state index contributed by atoms with van der Waals surface area (Å²) in [6.07, 6.45) is 1.57. The number of ether oxygens (including phenoxy) is 2. The molecule has 0 aliphatic carbocycles. The van der Waals surface area contributed by atoms with Crippen LogP contribution in [0.4, 0.5) is 16.3 Å². The van der Waals surface area contributed by atoms with Crippen molar-refractivity contribution in [2.45, 2.75) is 13.1 Å². The van der Waals surface area contributed by atoms with E-state index in [0.717, 1.165) is 0 Å². The van der Waals surface area contributed by atoms with Crippen molar-refractivity contribution in [2.24, 2.45) is 0 Å². The number of methoxy groups -OCH3 is 2. The molecule has 0 radical (unpaired) electrons. The molecule has 156 valence electrons. The highest BCUT2D eigenvalue weighted by atomic mass is 35.5. The van der Waals surface area contributed by atoms with Crippen LogP contribution < -0.4 is 19.3 Å². The Kier molecular flexibility index (Phi) is 5.88. The minimum absolute atomic E-state index is 0.0393. The fourth-order valence-electron chi connectivity index (χ4n) is 3.10. The molecule has 0 atom stereocenters. The SMILES string of the molecule is COc1cc(OC)c(Cl)c(N2Cc3cnc(Cl)nc3N(Cc3cscn3)C2=O)c1Cl. The second kappa shape index (κ2) is 8.43. The molecule has 1 aliphatic rings. The number of rotatable bonds is 5. The number of nitrogens with zero attached hydrogens (tertiary/aromatic N) is 5. The topological polar surface area (TPSA) is 80.7 Å². The van der Waals surface area contributed by atoms with Crippen molar-refractivity contribution < 1.29 is 14.3 Å². The average molecular weight is 487 g/mol. The number of halogens is 3. The van der Waals surface area contributed by atoms with Gasteiger partial charge in [-0.05, 0) is 11.6 Å². The van der Waals surface area contributed by atoms with E-state index in [4.69, 9.17) is 44.3 Å². The monoisotopic (exact) mass is 485 g/mol. The molecule has 2 amide bonds. The maximum atomic E-state index is 13.6. The molecule has 1 aromatic carbocycles. The van der Waals surface area contributed by atoms with Gasteiger partial charge in [0.2, 0.25) is 5.28 Å². The third-order valence-corrected chi connectivity index (χ3v) is 6.03. The van der Waals surface area contributed by atoms with E-state index in [1.165, 1.54) is 35.4 Å². The average Bonchev–Trinajstić information content (AvgIpc) is 3.25. The van der Waals surface area contributed by atoms with E-state index < -0.39 is 6.03 Å². The molecule has 0 saturated carbocycles. The predicted molar refractivity (Wildman–Crippen MR) is 116 cm³/mol. The number of fused-ring (bicyclic) bond motifs is 1. The van der Waals surface area contributed by atoms with Crippen molar-refractivity contribution >= 4 is 63.7 Å². The second-order valence-corrected chi connectivity index (χ2v) is 7.99. The van der Waals surface area contributed by atoms with E-state index in [9.17, 15) is 4.79 Å². The third kappa shape index (κ3) is 3.62. The van der Waals surface area contributed by atoms with Crippen LogP contribution in [0.2, 0.25) is 15.3 Å². The van der Waals surface area contributed by atoms with Crippen LogP contribution in [0.1, 0.15) is 11.3 Å². The van der Waals surface area contributed by atoms with Gasteiger partial charge >= 0.3 is 6.03 Å². The Bertz CT molecular complexity index is 1080. The van der Waals surface area contributed by atoms with E-state index in [1.54, 1.807) is 17.8 Å². The molecule has 0 unspecified atom stereocenters. The molecule has 0 saturated heterocycles. The number of benzene rings is 1. The van der Waals surface area contributed by atoms with Crippen LogP contribution in [0.15, 0.2) is 23.2 Å². The highest BCUT2D eigenvalue weighted by Gasteiger charge is 2.36. The van der Waals surface area contributed by atoms with E-state index in [0.29, 0.717) is 28.6 Å². The first-order valence-electron chi connectivity index (χ1n) is 8.52. The normalized spacial score (nSPS) is 13.4. The number of thiazole rings is 1. The molecule has 4 rings (SSSR count). The fraction of sp³-hybridized carbons (Fsp3) is 0.222. The van der Waals surface area contributed by atoms with Gasteiger partial charge in [0.05, 0.1) is 44.2 Å². The summed E-state index contributed by atoms with van der Waals surface area (Å²) in [5.74, 6) is 1.06. The van der Waals surface area contributed by atoms with Gasteiger partial charge in [-0.1, -0.05) is 23.2 Å². The minimum Gasteiger partial charge on any atom is -0.495 e. The largest absolute Gasteiger partial charge is 0.495 e. The van der Waals surface area contributed by atoms with Crippen molar-refractivity contribution in [1.82, 2.24) is 15.0 Å². The molecular formula is C18H14Cl3N5O3S. The van der Waals surface area contributed by atoms with Gasteiger partial charge in [0.1, 0.15) is 27.4 Å². The van der Waals surface area contributed by atoms with E-state index in [2.05, 4.69) is 15.0 Å². The van der Waals surface area contributed by atoms with E-state index in [1.807, 2.05) is 5.38 Å². The summed E-state index contributed by atoms with van der Waals surface area (Å²) in [7, 11) is 2.94. The summed E-state index contributed by atoms with van der Waals surface area (Å²) in [6, 6.07) is 1.16. The zero-order valence-corrected chi connectivity index (χ0v) is 18.8. The molecule has 0 spiro atoms. The number of carbonyl (C=O) groups excluding carboxylic acids is 1. The van der Waals surface area contributed by atoms with E-state index in [-0.39, 0.29) is 34.1 Å². The first kappa shape index (κ1) is 20.9. The molecule has 30 heavy (non-hydrogen) atoms. The molecule has 1 aliphatic heterocycles. The standard InChI is InChI=1S/C18H14Cl3N5O3S/c1-28-11-3-12(29-2)14(20)15(13(11)19)25-5-9-4-22-17(21)24-16(9)26(18(25)27)6-10-7-30-8-23-10/h3-4,7-8H,5-6H2,1-2H3. The Morgan fingerprint density at radius 2 is 1.83 bits per heavy atom. The van der Waals surface area contributed by atoms with Crippen LogP contribution in [-0.4, -0.2) is 35.2 Å². The Morgan fingerprint density at radius 1 is 1.13 bits per heavy atom. The molecule has 8 nitrogen and oxygen atoms in total. The van der Waals surface area contributed by atoms with E-state index >= 15 is 0 Å². The summed E-state index contributed by atoms with van der Waals surface area (Å²) >= 11 is 20.5. The molecule has 0 fully saturated rings. The van der Waals surface area contributed by atoms with Crippen molar-refractivity contribution in [2.75, 3.05) is 24.0 Å². The van der Waals surface area contributed by atoms with Crippen LogP contribution in [0, 0.1) is 0 Å². The molecule has 2 aromatic heterocycles. The van der Waals surface area contributed by atoms with Crippen molar-refractivity contribution in [1.29, 1.82) is 0 Å². The van der Waals surface area contributed by atoms with Gasteiger partial charge in [-0.25, -0.2) is 14.8 Å². The quantitative estimate of drug-likeness (QED) is 0.469. The predicted octanol–water partition coefficient (Wildman–Crippen LogP) is 5.06. The Morgan fingerprint density at radius 3 is 2.43 bits per heavy atom. The van der Waals surface area contributed by atoms with Gasteiger partial charge in [-0.15, -0.1) is 11.3 Å². The van der Waals surface area contributed by atoms with Gasteiger partial charge in [-0.2, -0.15) is 4.98 Å². The van der Waals surface area contributed by atoms with Crippen molar-refractivity contribution in [3.05, 3.63) is 49.7 Å². The lowest BCUT2D eigenvalue weighted by atomic mass is 10.1. The summed E-state index contributed by atoms with van der Waals surface area (Å²) < 4.78 is 10.7. The second-order valence-electron chi connectivity index (χ2n) is 6.18. The van der Waals surface area contributed by atoms with Crippen LogP contribution in [0.25, 0.3) is 0 Å². The zero-order chi connectivity index (χ0) is 21.4. The number of anilines is 2. The molecule has 12 heteroatoms. The molecule has 0 N–H and O–H groups in total. The van der Waals surface area contributed by atoms with Crippen LogP contribution in [0.3, 0.4) is 0 Å². The molecular weight excluding hydrogens is 473 g/mol. The zero-order valence-electron chi connectivity index (χ0n) is 15.7. The van der Waals surface area contributed by atoms with Crippen molar-refractivity contribution in [3.8, 4) is 11.5 Å². The summed E-state index contributed by atoms with van der Waals surface area (Å²) in [5, 5.41) is 2.26. The third-order valence-electron chi connectivity index (χ3n) is 4.48. The fourth-order valence-corrected chi connectivity index (χ4v) is 4.48. The van der Waals surface area contributed by atoms with Gasteiger partial charge < -0.3 is 9.47 Å². The maximum Gasteiger partial charge on any atom is 0.330 e. The van der Waals surface area contributed by atoms with Gasteiger partial charge in [0.15, 0.2) is 0 Å². The lowest BCUT2D eigenvalue weighted by Crippen LogP contribution is -2.48. The summed E-state index contributed by atoms with van der Waals surface area (Å²) in [5.41, 5.74) is 3.33. The van der Waals surface area contributed by atoms with Crippen molar-refractivity contribution in [3.63, 3.8) is 0 Å². The van der Waals surface area contributed by atoms with Crippen LogP contribution in [0.5, 0.6) is 11.5 Å². The first-order valence-corrected chi connectivity index (χ1v) is 10.6. The summed E-state index contributed by atoms with van der Waals surface area (Å²) in [6.45, 7) is 0.324. The number of urea groups is 1. The first-order chi connectivity index (χ1) is 14.4. The maximum absolute atomic E-state index is 13.6. The Hall–Kier alpha value is -2.33. The summed E-state index contributed by atoms with van der Waals surface area (Å²) in [4.78, 5) is 29.0. The smallest absolute Gasteiger partial charge is 0.330 e. The lowest BCUT2D eigenvalue weighted by molar-refractivity contribution is 0.249.